The average Bonchev–Trinajstić information content (AvgIpc) is 2.93. The number of benzene rings is 4. The van der Waals surface area contributed by atoms with Crippen molar-refractivity contribution in [1.29, 1.82) is 0 Å². The van der Waals surface area contributed by atoms with E-state index in [4.69, 9.17) is 9.47 Å². The Morgan fingerprint density at radius 3 is 1.51 bits per heavy atom. The minimum atomic E-state index is -3.57. The summed E-state index contributed by atoms with van der Waals surface area (Å²) in [7, 11) is -1.89. The van der Waals surface area contributed by atoms with E-state index in [1.54, 1.807) is 55.6 Å². The van der Waals surface area contributed by atoms with Crippen molar-refractivity contribution in [2.24, 2.45) is 0 Å². The molecule has 192 valence electrons. The van der Waals surface area contributed by atoms with Gasteiger partial charge in [0.05, 0.1) is 16.9 Å². The van der Waals surface area contributed by atoms with Gasteiger partial charge in [-0.1, -0.05) is 62.2 Å². The van der Waals surface area contributed by atoms with Crippen molar-refractivity contribution < 1.29 is 17.9 Å². The molecule has 0 spiro atoms. The molecule has 0 bridgehead atoms. The summed E-state index contributed by atoms with van der Waals surface area (Å²) in [6, 6.07) is 30.0. The maximum Gasteiger partial charge on any atom is 0.206 e. The smallest absolute Gasteiger partial charge is 0.206 e. The van der Waals surface area contributed by atoms with Crippen molar-refractivity contribution in [2.75, 3.05) is 7.11 Å². The molecule has 0 radical (unpaired) electrons. The first-order valence-electron chi connectivity index (χ1n) is 12.7. The Morgan fingerprint density at radius 1 is 0.649 bits per heavy atom. The molecule has 1 atom stereocenters. The van der Waals surface area contributed by atoms with E-state index in [1.165, 1.54) is 11.1 Å². The van der Waals surface area contributed by atoms with E-state index in [0.29, 0.717) is 11.5 Å². The van der Waals surface area contributed by atoms with Crippen molar-refractivity contribution in [3.05, 3.63) is 114 Å². The third-order valence-corrected chi connectivity index (χ3v) is 8.82. The highest BCUT2D eigenvalue weighted by atomic mass is 32.2. The molecule has 0 heterocycles. The van der Waals surface area contributed by atoms with E-state index in [1.807, 2.05) is 31.2 Å². The molecule has 0 aliphatic heterocycles. The van der Waals surface area contributed by atoms with E-state index >= 15 is 0 Å². The number of aryl methyl sites for hydroxylation is 1. The van der Waals surface area contributed by atoms with Gasteiger partial charge in [-0.2, -0.15) is 0 Å². The first-order chi connectivity index (χ1) is 17.8. The van der Waals surface area contributed by atoms with E-state index < -0.39 is 9.84 Å². The summed E-state index contributed by atoms with van der Waals surface area (Å²) in [5.74, 6) is 2.14. The van der Waals surface area contributed by atoms with Gasteiger partial charge in [-0.15, -0.1) is 0 Å². The molecule has 1 unspecified atom stereocenters. The Hall–Kier alpha value is -3.57. The standard InChI is InChI=1S/C32H34O4S/c1-5-23-32(6-2,25-9-13-27(35-4)14-10-25)26-11-15-28(16-12-26)36-29-17-21-31(22-18-29)37(33,34)30-19-7-24(3)8-20-30/h7-22H,5-6,23H2,1-4H3. The summed E-state index contributed by atoms with van der Waals surface area (Å²) in [6.07, 6.45) is 3.08. The zero-order chi connectivity index (χ0) is 26.5. The van der Waals surface area contributed by atoms with Gasteiger partial charge < -0.3 is 9.47 Å². The topological polar surface area (TPSA) is 52.6 Å². The first kappa shape index (κ1) is 26.5. The molecule has 0 aromatic heterocycles. The number of sulfone groups is 1. The normalized spacial score (nSPS) is 13.1. The van der Waals surface area contributed by atoms with Crippen LogP contribution in [0.2, 0.25) is 0 Å². The molecular weight excluding hydrogens is 480 g/mol. The molecule has 0 aliphatic rings. The summed E-state index contributed by atoms with van der Waals surface area (Å²) in [5, 5.41) is 0. The van der Waals surface area contributed by atoms with Gasteiger partial charge in [0.25, 0.3) is 0 Å². The highest BCUT2D eigenvalue weighted by molar-refractivity contribution is 7.91. The Morgan fingerprint density at radius 2 is 1.08 bits per heavy atom. The molecule has 0 fully saturated rings. The van der Waals surface area contributed by atoms with Crippen molar-refractivity contribution in [3.8, 4) is 17.2 Å². The Labute approximate surface area is 220 Å². The first-order valence-corrected chi connectivity index (χ1v) is 14.2. The lowest BCUT2D eigenvalue weighted by atomic mass is 9.69. The summed E-state index contributed by atoms with van der Waals surface area (Å²) < 4.78 is 37.3. The van der Waals surface area contributed by atoms with Gasteiger partial charge in [-0.05, 0) is 91.6 Å². The fraction of sp³-hybridized carbons (Fsp3) is 0.250. The van der Waals surface area contributed by atoms with Crippen LogP contribution in [-0.4, -0.2) is 15.5 Å². The van der Waals surface area contributed by atoms with Crippen LogP contribution in [0.25, 0.3) is 0 Å². The van der Waals surface area contributed by atoms with E-state index in [9.17, 15) is 8.42 Å². The lowest BCUT2D eigenvalue weighted by Gasteiger charge is -2.34. The molecule has 4 aromatic rings. The molecule has 0 saturated heterocycles. The second-order valence-corrected chi connectivity index (χ2v) is 11.3. The van der Waals surface area contributed by atoms with Crippen molar-refractivity contribution >= 4 is 9.84 Å². The zero-order valence-electron chi connectivity index (χ0n) is 21.9. The molecule has 0 N–H and O–H groups in total. The third-order valence-electron chi connectivity index (χ3n) is 7.03. The van der Waals surface area contributed by atoms with Gasteiger partial charge >= 0.3 is 0 Å². The monoisotopic (exact) mass is 514 g/mol. The maximum absolute atomic E-state index is 12.9. The van der Waals surface area contributed by atoms with E-state index in [0.717, 1.165) is 30.6 Å². The largest absolute Gasteiger partial charge is 0.497 e. The summed E-state index contributed by atoms with van der Waals surface area (Å²) in [6.45, 7) is 6.38. The Kier molecular flexibility index (Phi) is 8.03. The van der Waals surface area contributed by atoms with E-state index in [-0.39, 0.29) is 15.2 Å². The number of rotatable bonds is 10. The second kappa shape index (κ2) is 11.2. The molecular formula is C32H34O4S. The van der Waals surface area contributed by atoms with E-state index in [2.05, 4.69) is 38.1 Å². The van der Waals surface area contributed by atoms with Crippen LogP contribution < -0.4 is 9.47 Å². The average molecular weight is 515 g/mol. The lowest BCUT2D eigenvalue weighted by molar-refractivity contribution is 0.412. The van der Waals surface area contributed by atoms with Gasteiger partial charge in [-0.25, -0.2) is 8.42 Å². The summed E-state index contributed by atoms with van der Waals surface area (Å²) in [5.41, 5.74) is 3.44. The predicted molar refractivity (Wildman–Crippen MR) is 149 cm³/mol. The van der Waals surface area contributed by atoms with Crippen LogP contribution >= 0.6 is 0 Å². The minimum absolute atomic E-state index is 0.0917. The molecule has 0 aliphatic carbocycles. The highest BCUT2D eigenvalue weighted by Crippen LogP contribution is 2.41. The van der Waals surface area contributed by atoms with Crippen LogP contribution in [0.1, 0.15) is 49.8 Å². The predicted octanol–water partition coefficient (Wildman–Crippen LogP) is 8.12. The quantitative estimate of drug-likeness (QED) is 0.214. The molecule has 4 nitrogen and oxygen atoms in total. The summed E-state index contributed by atoms with van der Waals surface area (Å²) >= 11 is 0. The van der Waals surface area contributed by atoms with Crippen molar-refractivity contribution in [2.45, 2.75) is 55.2 Å². The second-order valence-electron chi connectivity index (χ2n) is 9.33. The molecule has 4 rings (SSSR count). The van der Waals surface area contributed by atoms with Crippen molar-refractivity contribution in [3.63, 3.8) is 0 Å². The minimum Gasteiger partial charge on any atom is -0.497 e. The Bertz CT molecular complexity index is 1410. The van der Waals surface area contributed by atoms with Gasteiger partial charge in [0, 0.05) is 5.41 Å². The number of hydrogen-bond donors (Lipinski definition) is 0. The van der Waals surface area contributed by atoms with Gasteiger partial charge in [0.1, 0.15) is 17.2 Å². The van der Waals surface area contributed by atoms with Crippen LogP contribution in [0.4, 0.5) is 0 Å². The third kappa shape index (κ3) is 5.57. The summed E-state index contributed by atoms with van der Waals surface area (Å²) in [4.78, 5) is 0.525. The molecule has 4 aromatic carbocycles. The number of hydrogen-bond acceptors (Lipinski definition) is 4. The highest BCUT2D eigenvalue weighted by Gasteiger charge is 2.31. The van der Waals surface area contributed by atoms with Crippen LogP contribution in [0.3, 0.4) is 0 Å². The molecule has 5 heteroatoms. The van der Waals surface area contributed by atoms with Gasteiger partial charge in [0.15, 0.2) is 0 Å². The van der Waals surface area contributed by atoms with Crippen molar-refractivity contribution in [1.82, 2.24) is 0 Å². The molecule has 37 heavy (non-hydrogen) atoms. The number of ether oxygens (including phenoxy) is 2. The fourth-order valence-corrected chi connectivity index (χ4v) is 6.16. The van der Waals surface area contributed by atoms with Crippen LogP contribution in [0.15, 0.2) is 107 Å². The van der Waals surface area contributed by atoms with Crippen LogP contribution in [-0.2, 0) is 15.3 Å². The van der Waals surface area contributed by atoms with Gasteiger partial charge in [0.2, 0.25) is 9.84 Å². The lowest BCUT2D eigenvalue weighted by Crippen LogP contribution is -2.26. The van der Waals surface area contributed by atoms with Gasteiger partial charge in [-0.3, -0.25) is 0 Å². The molecule has 0 saturated carbocycles. The zero-order valence-corrected chi connectivity index (χ0v) is 22.7. The van der Waals surface area contributed by atoms with Crippen LogP contribution in [0.5, 0.6) is 17.2 Å². The SMILES string of the molecule is CCCC(CC)(c1ccc(OC)cc1)c1ccc(Oc2ccc(S(=O)(=O)c3ccc(C)cc3)cc2)cc1. The Balaban J connectivity index is 1.54. The fourth-order valence-electron chi connectivity index (χ4n) is 4.90. The molecule has 0 amide bonds. The van der Waals surface area contributed by atoms with Crippen LogP contribution in [0, 0.1) is 6.92 Å². The number of methoxy groups -OCH3 is 1. The maximum atomic E-state index is 12.9.